The van der Waals surface area contributed by atoms with Gasteiger partial charge in [-0.1, -0.05) is 6.07 Å². The fourth-order valence-electron chi connectivity index (χ4n) is 4.07. The first-order valence-electron chi connectivity index (χ1n) is 9.01. The van der Waals surface area contributed by atoms with Crippen molar-refractivity contribution in [3.8, 4) is 0 Å². The Kier molecular flexibility index (Phi) is 4.42. The lowest BCUT2D eigenvalue weighted by molar-refractivity contribution is -0.155. The summed E-state index contributed by atoms with van der Waals surface area (Å²) in [4.78, 5) is 37.9. The van der Waals surface area contributed by atoms with Gasteiger partial charge >= 0.3 is 5.97 Å². The van der Waals surface area contributed by atoms with E-state index in [4.69, 9.17) is 4.74 Å². The number of amides is 2. The van der Waals surface area contributed by atoms with Gasteiger partial charge in [-0.25, -0.2) is 4.79 Å². The van der Waals surface area contributed by atoms with Gasteiger partial charge in [-0.15, -0.1) is 11.8 Å². The first-order chi connectivity index (χ1) is 12.5. The summed E-state index contributed by atoms with van der Waals surface area (Å²) in [6, 6.07) is 5.32. The third-order valence-corrected chi connectivity index (χ3v) is 6.95. The zero-order chi connectivity index (χ0) is 18.3. The summed E-state index contributed by atoms with van der Waals surface area (Å²) in [6.45, 7) is 1.65. The molecule has 2 heterocycles. The molecule has 2 fully saturated rings. The van der Waals surface area contributed by atoms with Crippen LogP contribution in [-0.2, 0) is 32.0 Å². The van der Waals surface area contributed by atoms with Gasteiger partial charge in [0.05, 0.1) is 4.87 Å². The van der Waals surface area contributed by atoms with Crippen LogP contribution in [0.15, 0.2) is 18.2 Å². The molecule has 2 amide bonds. The Morgan fingerprint density at radius 2 is 2.12 bits per heavy atom. The van der Waals surface area contributed by atoms with Crippen LogP contribution in [0.1, 0.15) is 37.3 Å². The van der Waals surface area contributed by atoms with Crippen LogP contribution < -0.4 is 5.32 Å². The van der Waals surface area contributed by atoms with E-state index < -0.39 is 12.0 Å². The first kappa shape index (κ1) is 17.4. The van der Waals surface area contributed by atoms with E-state index in [1.807, 2.05) is 25.1 Å². The van der Waals surface area contributed by atoms with Crippen LogP contribution in [0, 0.1) is 0 Å². The number of anilines is 1. The van der Waals surface area contributed by atoms with Crippen molar-refractivity contribution >= 4 is 35.2 Å². The van der Waals surface area contributed by atoms with E-state index in [0.29, 0.717) is 12.2 Å². The van der Waals surface area contributed by atoms with Crippen molar-refractivity contribution in [3.05, 3.63) is 29.3 Å². The van der Waals surface area contributed by atoms with Crippen LogP contribution in [0.4, 0.5) is 5.69 Å². The van der Waals surface area contributed by atoms with E-state index in [1.54, 1.807) is 16.7 Å². The molecule has 1 aromatic carbocycles. The predicted molar refractivity (Wildman–Crippen MR) is 98.8 cm³/mol. The van der Waals surface area contributed by atoms with Crippen molar-refractivity contribution < 1.29 is 19.1 Å². The molecule has 2 saturated heterocycles. The molecule has 2 atom stereocenters. The quantitative estimate of drug-likeness (QED) is 0.817. The summed E-state index contributed by atoms with van der Waals surface area (Å²) in [7, 11) is 0. The average molecular weight is 374 g/mol. The van der Waals surface area contributed by atoms with Gasteiger partial charge in [0, 0.05) is 17.9 Å². The van der Waals surface area contributed by atoms with E-state index in [0.717, 1.165) is 31.4 Å². The van der Waals surface area contributed by atoms with Gasteiger partial charge < -0.3 is 15.0 Å². The van der Waals surface area contributed by atoms with E-state index >= 15 is 0 Å². The number of carbonyl (C=O) groups excluding carboxylic acids is 3. The minimum atomic E-state index is -0.590. The van der Waals surface area contributed by atoms with Gasteiger partial charge in [0.1, 0.15) is 6.04 Å². The molecule has 7 heteroatoms. The molecule has 0 spiro atoms. The molecule has 6 nitrogen and oxygen atoms in total. The fraction of sp³-hybridized carbons (Fsp3) is 0.526. The van der Waals surface area contributed by atoms with Gasteiger partial charge in [-0.05, 0) is 55.9 Å². The molecular formula is C19H22N2O4S. The molecule has 1 aromatic rings. The molecular weight excluding hydrogens is 352 g/mol. The monoisotopic (exact) mass is 374 g/mol. The van der Waals surface area contributed by atoms with Gasteiger partial charge in [0.15, 0.2) is 6.61 Å². The molecule has 4 rings (SSSR count). The summed E-state index contributed by atoms with van der Waals surface area (Å²) in [6.07, 6.45) is 4.49. The summed E-state index contributed by atoms with van der Waals surface area (Å²) in [5.41, 5.74) is 3.34. The molecule has 1 N–H and O–H groups in total. The van der Waals surface area contributed by atoms with E-state index in [9.17, 15) is 14.4 Å². The lowest BCUT2D eigenvalue weighted by Gasteiger charge is -2.29. The second-order valence-electron chi connectivity index (χ2n) is 7.26. The highest BCUT2D eigenvalue weighted by molar-refractivity contribution is 8.01. The van der Waals surface area contributed by atoms with Crippen LogP contribution in [-0.4, -0.2) is 46.0 Å². The van der Waals surface area contributed by atoms with Crippen molar-refractivity contribution in [1.29, 1.82) is 0 Å². The van der Waals surface area contributed by atoms with E-state index in [1.165, 1.54) is 11.1 Å². The topological polar surface area (TPSA) is 75.7 Å². The van der Waals surface area contributed by atoms with Crippen LogP contribution in [0.25, 0.3) is 0 Å². The number of esters is 1. The SMILES string of the molecule is C[C@@]12CCC(=O)N1[C@H](C(=O)OCC(=O)Nc1ccc3c(c1)CCC3)CS2. The number of hydrogen-bond acceptors (Lipinski definition) is 5. The molecule has 3 aliphatic rings. The summed E-state index contributed by atoms with van der Waals surface area (Å²) in [5.74, 6) is -0.354. The number of benzene rings is 1. The van der Waals surface area contributed by atoms with Gasteiger partial charge in [0.2, 0.25) is 5.91 Å². The van der Waals surface area contributed by atoms with Gasteiger partial charge in [-0.2, -0.15) is 0 Å². The number of hydrogen-bond donors (Lipinski definition) is 1. The minimum absolute atomic E-state index is 0.0120. The smallest absolute Gasteiger partial charge is 0.330 e. The standard InChI is InChI=1S/C19H22N2O4S/c1-19-8-7-17(23)21(19)15(11-26-19)18(24)25-10-16(22)20-14-6-5-12-3-2-4-13(12)9-14/h5-6,9,15H,2-4,7-8,10-11H2,1H3,(H,20,22)/t15-,19+/m0/s1. The number of fused-ring (bicyclic) bond motifs is 2. The van der Waals surface area contributed by atoms with Crippen LogP contribution >= 0.6 is 11.8 Å². The van der Waals surface area contributed by atoms with Crippen molar-refractivity contribution in [2.45, 2.75) is 49.9 Å². The van der Waals surface area contributed by atoms with Gasteiger partial charge in [0.25, 0.3) is 5.91 Å². The maximum atomic E-state index is 12.4. The highest BCUT2D eigenvalue weighted by Crippen LogP contribution is 2.47. The van der Waals surface area contributed by atoms with E-state index in [-0.39, 0.29) is 23.3 Å². The molecule has 26 heavy (non-hydrogen) atoms. The molecule has 0 radical (unpaired) electrons. The van der Waals surface area contributed by atoms with Crippen molar-refractivity contribution in [2.24, 2.45) is 0 Å². The lowest BCUT2D eigenvalue weighted by atomic mass is 10.1. The number of rotatable bonds is 4. The number of nitrogens with one attached hydrogen (secondary N) is 1. The van der Waals surface area contributed by atoms with Crippen LogP contribution in [0.2, 0.25) is 0 Å². The number of thioether (sulfide) groups is 1. The van der Waals surface area contributed by atoms with Crippen molar-refractivity contribution in [2.75, 3.05) is 17.7 Å². The number of carbonyl (C=O) groups is 3. The maximum Gasteiger partial charge on any atom is 0.330 e. The zero-order valence-electron chi connectivity index (χ0n) is 14.7. The molecule has 1 aliphatic carbocycles. The molecule has 0 unspecified atom stereocenters. The Morgan fingerprint density at radius 1 is 1.31 bits per heavy atom. The van der Waals surface area contributed by atoms with Crippen LogP contribution in [0.3, 0.4) is 0 Å². The zero-order valence-corrected chi connectivity index (χ0v) is 15.6. The lowest BCUT2D eigenvalue weighted by Crippen LogP contribution is -2.47. The largest absolute Gasteiger partial charge is 0.454 e. The second kappa shape index (κ2) is 6.61. The van der Waals surface area contributed by atoms with Crippen LogP contribution in [0.5, 0.6) is 0 Å². The Morgan fingerprint density at radius 3 is 2.96 bits per heavy atom. The number of ether oxygens (including phenoxy) is 1. The first-order valence-corrected chi connectivity index (χ1v) is 9.99. The molecule has 0 bridgehead atoms. The third-order valence-electron chi connectivity index (χ3n) is 5.44. The molecule has 2 aliphatic heterocycles. The highest BCUT2D eigenvalue weighted by Gasteiger charge is 2.53. The Hall–Kier alpha value is -2.02. The number of aryl methyl sites for hydroxylation is 2. The summed E-state index contributed by atoms with van der Waals surface area (Å²) >= 11 is 1.61. The Bertz CT molecular complexity index is 781. The fourth-order valence-corrected chi connectivity index (χ4v) is 5.49. The predicted octanol–water partition coefficient (Wildman–Crippen LogP) is 2.11. The third kappa shape index (κ3) is 3.09. The Balaban J connectivity index is 1.32. The summed E-state index contributed by atoms with van der Waals surface area (Å²) < 4.78 is 5.20. The minimum Gasteiger partial charge on any atom is -0.454 e. The second-order valence-corrected chi connectivity index (χ2v) is 8.76. The molecule has 0 saturated carbocycles. The molecule has 138 valence electrons. The van der Waals surface area contributed by atoms with E-state index in [2.05, 4.69) is 5.32 Å². The number of nitrogens with zero attached hydrogens (tertiary/aromatic N) is 1. The van der Waals surface area contributed by atoms with Gasteiger partial charge in [-0.3, -0.25) is 9.59 Å². The highest BCUT2D eigenvalue weighted by atomic mass is 32.2. The summed E-state index contributed by atoms with van der Waals surface area (Å²) in [5, 5.41) is 2.78. The maximum absolute atomic E-state index is 12.4. The Labute approximate surface area is 156 Å². The normalized spacial score (nSPS) is 26.6. The van der Waals surface area contributed by atoms with Crippen molar-refractivity contribution in [1.82, 2.24) is 4.90 Å². The molecule has 0 aromatic heterocycles. The van der Waals surface area contributed by atoms with Crippen molar-refractivity contribution in [3.63, 3.8) is 0 Å². The average Bonchev–Trinajstić information content (AvgIpc) is 3.28.